The summed E-state index contributed by atoms with van der Waals surface area (Å²) in [5, 5.41) is 18.3. The van der Waals surface area contributed by atoms with Crippen molar-refractivity contribution in [1.29, 1.82) is 0 Å². The Labute approximate surface area is 462 Å². The number of amides is 4. The first-order valence-electron chi connectivity index (χ1n) is 26.7. The van der Waals surface area contributed by atoms with Gasteiger partial charge in [-0.15, -0.1) is 0 Å². The molecule has 78 heavy (non-hydrogen) atoms. The van der Waals surface area contributed by atoms with E-state index in [1.807, 2.05) is 148 Å². The molecule has 0 saturated heterocycles. The van der Waals surface area contributed by atoms with E-state index in [4.69, 9.17) is 33.7 Å². The summed E-state index contributed by atoms with van der Waals surface area (Å²) in [5.74, 6) is 1.30. The third-order valence-electron chi connectivity index (χ3n) is 11.8. The lowest BCUT2D eigenvalue weighted by atomic mass is 10.1. The number of rotatable bonds is 24. The molecule has 2 heterocycles. The molecule has 0 aliphatic carbocycles. The summed E-state index contributed by atoms with van der Waals surface area (Å²) in [7, 11) is -2.48. The van der Waals surface area contributed by atoms with E-state index in [0.717, 1.165) is 56.4 Å². The van der Waals surface area contributed by atoms with Crippen molar-refractivity contribution in [3.05, 3.63) is 131 Å². The van der Waals surface area contributed by atoms with E-state index in [2.05, 4.69) is 55.2 Å². The maximum atomic E-state index is 12.4. The Hall–Kier alpha value is -6.75. The average molecular weight is 1110 g/mol. The summed E-state index contributed by atoms with van der Waals surface area (Å²) in [5.41, 5.74) is 6.16. The van der Waals surface area contributed by atoms with Crippen LogP contribution >= 0.6 is 0 Å². The molecule has 0 radical (unpaired) electrons. The number of fused-ring (bicyclic) bond motifs is 2. The Morgan fingerprint density at radius 1 is 0.564 bits per heavy atom. The monoisotopic (exact) mass is 1110 g/mol. The van der Waals surface area contributed by atoms with Gasteiger partial charge in [-0.3, -0.25) is 4.90 Å². The topological polar surface area (TPSA) is 210 Å². The van der Waals surface area contributed by atoms with Gasteiger partial charge in [0.15, 0.2) is 0 Å². The van der Waals surface area contributed by atoms with Gasteiger partial charge in [0.05, 0.1) is 35.2 Å². The van der Waals surface area contributed by atoms with Crippen molar-refractivity contribution < 1.29 is 48.0 Å². The Kier molecular flexibility index (Phi) is 22.9. The molecule has 18 nitrogen and oxygen atoms in total. The number of benzene rings is 4. The van der Waals surface area contributed by atoms with Crippen LogP contribution in [0.4, 0.5) is 19.2 Å². The van der Waals surface area contributed by atoms with Gasteiger partial charge < -0.3 is 53.9 Å². The van der Waals surface area contributed by atoms with Crippen LogP contribution in [0.15, 0.2) is 97.1 Å². The molecule has 4 aromatic carbocycles. The molecular weight excluding hydrogens is 1020 g/mol. The molecule has 0 spiro atoms. The van der Waals surface area contributed by atoms with Gasteiger partial charge in [-0.2, -0.15) is 0 Å². The minimum atomic E-state index is -1.26. The van der Waals surface area contributed by atoms with Gasteiger partial charge in [0, 0.05) is 49.0 Å². The number of nitrogens with zero attached hydrogens (tertiary/aromatic N) is 5. The van der Waals surface area contributed by atoms with Gasteiger partial charge in [-0.05, 0) is 113 Å². The smallest absolute Gasteiger partial charge is 0.408 e. The number of hydrogen-bond acceptors (Lipinski definition) is 11. The normalized spacial score (nSPS) is 11.9. The van der Waals surface area contributed by atoms with Crippen LogP contribution in [0.5, 0.6) is 0 Å². The van der Waals surface area contributed by atoms with Crippen LogP contribution in [-0.2, 0) is 76.2 Å². The number of carbonyl (C=O) groups is 4. The molecule has 0 fully saturated rings. The minimum Gasteiger partial charge on any atom is -0.465 e. The van der Waals surface area contributed by atoms with Crippen molar-refractivity contribution in [2.45, 2.75) is 157 Å². The predicted molar refractivity (Wildman–Crippen MR) is 311 cm³/mol. The molecule has 0 unspecified atom stereocenters. The highest BCUT2D eigenvalue weighted by Gasteiger charge is 2.22. The van der Waals surface area contributed by atoms with Crippen molar-refractivity contribution in [3.8, 4) is 0 Å². The van der Waals surface area contributed by atoms with Gasteiger partial charge >= 0.3 is 24.4 Å². The fourth-order valence-corrected chi connectivity index (χ4v) is 9.22. The molecule has 2 aromatic heterocycles. The number of hydrogen-bond donors (Lipinski definition) is 4. The number of carbonyl (C=O) groups excluding carboxylic acids is 3. The van der Waals surface area contributed by atoms with Crippen LogP contribution in [0.25, 0.3) is 22.1 Å². The molecular formula is C58H84N8O10Si2. The third kappa shape index (κ3) is 22.7. The van der Waals surface area contributed by atoms with Crippen molar-refractivity contribution in [2.24, 2.45) is 0 Å². The zero-order chi connectivity index (χ0) is 57.1. The first-order valence-corrected chi connectivity index (χ1v) is 34.1. The highest BCUT2D eigenvalue weighted by Crippen LogP contribution is 2.23. The summed E-state index contributed by atoms with van der Waals surface area (Å²) in [4.78, 5) is 59.4. The van der Waals surface area contributed by atoms with Gasteiger partial charge in [-0.1, -0.05) is 112 Å². The standard InChI is InChI=1S/2C29H42N4O5Si/c1-29(2,3)38-28(35)30-15-14-22-12-13-25-24(18-22)32-26(33(25)21-36-16-17-39(4,5)6)19-31-27(34)37-20-23-10-8-7-9-11-23;1-29(2,3)38-27(34)30-15-14-22-12-13-24-25(18-22)33(21-37-16-17-39(4,5)6)26(31-24)20-32(28(35)36)19-23-10-8-7-9-11-23/h7-13,18H,14-17,19-21H2,1-6H3,(H,30,35)(H,31,34);7-13,18H,14-17,19-21H2,1-6H3,(H,30,34)(H,35,36). The Balaban J connectivity index is 0.000000287. The molecule has 0 atom stereocenters. The fourth-order valence-electron chi connectivity index (χ4n) is 7.70. The van der Waals surface area contributed by atoms with Gasteiger partial charge in [0.1, 0.15) is 42.9 Å². The quantitative estimate of drug-likeness (QED) is 0.0253. The molecule has 6 rings (SSSR count). The summed E-state index contributed by atoms with van der Waals surface area (Å²) >= 11 is 0. The molecule has 4 N–H and O–H groups in total. The first-order chi connectivity index (χ1) is 36.7. The summed E-state index contributed by atoms with van der Waals surface area (Å²) in [6.45, 7) is 28.5. The summed E-state index contributed by atoms with van der Waals surface area (Å²) in [6, 6.07) is 33.1. The third-order valence-corrected chi connectivity index (χ3v) is 15.2. The van der Waals surface area contributed by atoms with E-state index in [1.165, 1.54) is 4.90 Å². The van der Waals surface area contributed by atoms with Crippen LogP contribution in [-0.4, -0.2) is 107 Å². The second-order valence-electron chi connectivity index (χ2n) is 23.7. The van der Waals surface area contributed by atoms with Crippen LogP contribution in [0.1, 0.15) is 75.4 Å². The van der Waals surface area contributed by atoms with Gasteiger partial charge in [0.2, 0.25) is 0 Å². The average Bonchev–Trinajstić information content (AvgIpc) is 3.94. The molecule has 4 amide bonds. The van der Waals surface area contributed by atoms with Crippen LogP contribution < -0.4 is 16.0 Å². The van der Waals surface area contributed by atoms with Gasteiger partial charge in [0.25, 0.3) is 0 Å². The first kappa shape index (κ1) is 62.1. The number of ether oxygens (including phenoxy) is 5. The zero-order valence-corrected chi connectivity index (χ0v) is 50.0. The lowest BCUT2D eigenvalue weighted by Gasteiger charge is -2.20. The molecule has 0 saturated carbocycles. The number of aromatic nitrogens is 4. The summed E-state index contributed by atoms with van der Waals surface area (Å²) in [6.07, 6.45) is -1.15. The van der Waals surface area contributed by atoms with E-state index in [0.29, 0.717) is 57.5 Å². The molecule has 0 aliphatic heterocycles. The Morgan fingerprint density at radius 3 is 1.59 bits per heavy atom. The van der Waals surface area contributed by atoms with Crippen LogP contribution in [0.3, 0.4) is 0 Å². The predicted octanol–water partition coefficient (Wildman–Crippen LogP) is 11.9. The molecule has 0 aliphatic rings. The lowest BCUT2D eigenvalue weighted by molar-refractivity contribution is 0.0517. The van der Waals surface area contributed by atoms with E-state index in [1.54, 1.807) is 0 Å². The van der Waals surface area contributed by atoms with Gasteiger partial charge in [-0.25, -0.2) is 29.1 Å². The van der Waals surface area contributed by atoms with Crippen molar-refractivity contribution in [1.82, 2.24) is 40.0 Å². The largest absolute Gasteiger partial charge is 0.465 e. The zero-order valence-electron chi connectivity index (χ0n) is 48.0. The van der Waals surface area contributed by atoms with E-state index in [9.17, 15) is 24.3 Å². The van der Waals surface area contributed by atoms with Crippen molar-refractivity contribution >= 4 is 62.6 Å². The molecule has 424 valence electrons. The molecule has 6 aromatic rings. The maximum absolute atomic E-state index is 12.4. The highest BCUT2D eigenvalue weighted by molar-refractivity contribution is 6.76. The Bertz CT molecular complexity index is 2870. The number of imidazole rings is 2. The molecule has 20 heteroatoms. The lowest BCUT2D eigenvalue weighted by Crippen LogP contribution is -2.33. The van der Waals surface area contributed by atoms with Crippen LogP contribution in [0.2, 0.25) is 51.4 Å². The maximum Gasteiger partial charge on any atom is 0.408 e. The summed E-state index contributed by atoms with van der Waals surface area (Å²) < 4.78 is 32.0. The number of alkyl carbamates (subject to hydrolysis) is 3. The highest BCUT2D eigenvalue weighted by atomic mass is 28.3. The number of carboxylic acid groups (broad SMARTS) is 1. The van der Waals surface area contributed by atoms with E-state index in [-0.39, 0.29) is 33.0 Å². The SMILES string of the molecule is CC(C)(C)OC(=O)NCCc1ccc2c(c1)nc(CNC(=O)OCc1ccccc1)n2COCC[Si](C)(C)C.CC(C)(C)OC(=O)NCCc1ccc2nc(CN(Cc3ccccc3)C(=O)O)n(COCC[Si](C)(C)C)c2c1. The van der Waals surface area contributed by atoms with Crippen molar-refractivity contribution in [3.63, 3.8) is 0 Å². The van der Waals surface area contributed by atoms with E-state index >= 15 is 0 Å². The number of nitrogens with one attached hydrogen (secondary N) is 3. The van der Waals surface area contributed by atoms with Crippen molar-refractivity contribution in [2.75, 3.05) is 26.3 Å². The second-order valence-corrected chi connectivity index (χ2v) is 34.9. The fraction of sp³-hybridized carbons (Fsp3) is 0.483. The minimum absolute atomic E-state index is 0.131. The Morgan fingerprint density at radius 2 is 1.06 bits per heavy atom. The molecule has 0 bridgehead atoms. The van der Waals surface area contributed by atoms with E-state index < -0.39 is 51.7 Å². The van der Waals surface area contributed by atoms with Crippen LogP contribution in [0, 0.1) is 0 Å². The second kappa shape index (κ2) is 28.8.